The molecule has 0 N–H and O–H groups in total. The van der Waals surface area contributed by atoms with Gasteiger partial charge in [-0.05, 0) is 81.6 Å². The first kappa shape index (κ1) is 56.7. The van der Waals surface area contributed by atoms with Gasteiger partial charge in [0.05, 0.1) is 34.1 Å². The molecule has 1 aliphatic heterocycles. The maximum atomic E-state index is 13.7. The van der Waals surface area contributed by atoms with Crippen molar-refractivity contribution in [3.63, 3.8) is 0 Å². The zero-order valence-corrected chi connectivity index (χ0v) is 52.5. The number of halogens is 1. The number of hydrogen-bond acceptors (Lipinski definition) is 4. The van der Waals surface area contributed by atoms with Crippen molar-refractivity contribution in [2.45, 2.75) is 102 Å². The minimum absolute atomic E-state index is 0. The fourth-order valence-electron chi connectivity index (χ4n) is 11.3. The van der Waals surface area contributed by atoms with Gasteiger partial charge in [0.15, 0.2) is 0 Å². The Morgan fingerprint density at radius 3 is 1.86 bits per heavy atom. The Morgan fingerprint density at radius 2 is 1.25 bits per heavy atom. The number of imidazole rings is 1. The van der Waals surface area contributed by atoms with E-state index in [1.165, 1.54) is 66.7 Å². The van der Waals surface area contributed by atoms with Crippen molar-refractivity contribution in [2.75, 3.05) is 4.90 Å². The van der Waals surface area contributed by atoms with Crippen LogP contribution in [-0.4, -0.2) is 22.8 Å². The number of para-hydroxylation sites is 3. The zero-order valence-electron chi connectivity index (χ0n) is 48.0. The van der Waals surface area contributed by atoms with Gasteiger partial charge in [-0.1, -0.05) is 111 Å². The number of anilines is 2. The molecular weight excluding hydrogens is 1230 g/mol. The van der Waals surface area contributed by atoms with Gasteiger partial charge in [0.25, 0.3) is 0 Å². The summed E-state index contributed by atoms with van der Waals surface area (Å²) in [6, 6.07) is 69.1. The molecule has 81 heavy (non-hydrogen) atoms. The molecule has 0 spiro atoms. The monoisotopic (exact) mass is 1300 g/mol. The van der Waals surface area contributed by atoms with Gasteiger partial charge in [-0.3, -0.25) is 4.98 Å². The first-order chi connectivity index (χ1) is 38.5. The third-order valence-corrected chi connectivity index (χ3v) is 19.9. The van der Waals surface area contributed by atoms with Crippen molar-refractivity contribution in [2.24, 2.45) is 0 Å². The second kappa shape index (κ2) is 23.1. The minimum Gasteiger partial charge on any atom is 3.00 e. The molecule has 9 aromatic carbocycles. The molecule has 1 unspecified atom stereocenters. The molecule has 3 heterocycles. The van der Waals surface area contributed by atoms with Crippen LogP contribution in [-0.2, 0) is 20.1 Å². The van der Waals surface area contributed by atoms with E-state index in [9.17, 15) is 9.65 Å². The third-order valence-electron chi connectivity index (χ3n) is 15.6. The zero-order chi connectivity index (χ0) is 56.1. The average molecular weight is 1300 g/mol. The van der Waals surface area contributed by atoms with Gasteiger partial charge in [-0.2, -0.15) is 5.26 Å². The minimum atomic E-state index is -2.05. The van der Waals surface area contributed by atoms with Gasteiger partial charge >= 0.3 is 216 Å². The van der Waals surface area contributed by atoms with Crippen LogP contribution in [0.1, 0.15) is 119 Å². The predicted octanol–water partition coefficient (Wildman–Crippen LogP) is 20.1. The van der Waals surface area contributed by atoms with Crippen LogP contribution in [0.25, 0.3) is 77.6 Å². The van der Waals surface area contributed by atoms with Crippen LogP contribution in [0.3, 0.4) is 0 Å². The third kappa shape index (κ3) is 10.9. The van der Waals surface area contributed by atoms with Crippen LogP contribution in [0.2, 0.25) is 17.3 Å². The smallest absolute Gasteiger partial charge is 3.00 e. The van der Waals surface area contributed by atoms with Gasteiger partial charge in [0.2, 0.25) is 0 Å². The summed E-state index contributed by atoms with van der Waals surface area (Å²) in [5, 5.41) is 16.6. The van der Waals surface area contributed by atoms with Crippen molar-refractivity contribution < 1.29 is 28.9 Å². The number of nitriles is 1. The number of furan rings is 1. The summed E-state index contributed by atoms with van der Waals surface area (Å²) in [4.78, 5) is 7.64. The Morgan fingerprint density at radius 1 is 0.617 bits per heavy atom. The van der Waals surface area contributed by atoms with E-state index in [0.717, 1.165) is 55.8 Å². The SMILES string of the molecule is CC(C)c1cc(-c2ccc(-c3ccccc3)cc2)cc(C(C)C)c1-n1c(-c2[c-]ccc3c2oc2cc(C#N)ccc23)nc2ccccc21.CC(C)c1cccc(C(C)C)c1N1c2c[c]([Ge]([CH3])([CH3])[CH3])ccc2[N-]C1c1[c-]cc(F)cc1.[Ir+3]. The summed E-state index contributed by atoms with van der Waals surface area (Å²) in [5.41, 5.74) is 20.1. The van der Waals surface area contributed by atoms with Gasteiger partial charge in [0.1, 0.15) is 5.58 Å². The van der Waals surface area contributed by atoms with Crippen molar-refractivity contribution in [3.05, 3.63) is 233 Å². The Kier molecular flexibility index (Phi) is 16.2. The van der Waals surface area contributed by atoms with Gasteiger partial charge in [0, 0.05) is 11.1 Å². The van der Waals surface area contributed by atoms with E-state index in [2.05, 4.69) is 222 Å². The summed E-state index contributed by atoms with van der Waals surface area (Å²) < 4.78 is 24.0. The fourth-order valence-corrected chi connectivity index (χ4v) is 13.7. The molecule has 0 amide bonds. The maximum Gasteiger partial charge on any atom is 3.00 e. The number of aromatic nitrogens is 2. The van der Waals surface area contributed by atoms with Crippen LogP contribution in [0.15, 0.2) is 180 Å². The van der Waals surface area contributed by atoms with Crippen LogP contribution in [0, 0.1) is 29.3 Å². The van der Waals surface area contributed by atoms with E-state index < -0.39 is 13.3 Å². The Bertz CT molecular complexity index is 4070. The molecule has 1 atom stereocenters. The second-order valence-electron chi connectivity index (χ2n) is 23.4. The van der Waals surface area contributed by atoms with E-state index in [1.807, 2.05) is 36.4 Å². The largest absolute Gasteiger partial charge is 3.00 e. The van der Waals surface area contributed by atoms with Crippen LogP contribution >= 0.6 is 0 Å². The molecule has 0 fully saturated rings. The molecule has 11 aromatic rings. The summed E-state index contributed by atoms with van der Waals surface area (Å²) in [7, 11) is 0. The Labute approximate surface area is 493 Å². The molecule has 2 aromatic heterocycles. The second-order valence-corrected chi connectivity index (χ2v) is 34.1. The molecule has 0 aliphatic carbocycles. The number of fused-ring (bicyclic) bond motifs is 5. The Hall–Kier alpha value is -7.54. The van der Waals surface area contributed by atoms with Crippen molar-refractivity contribution in [1.82, 2.24) is 9.55 Å². The predicted molar refractivity (Wildman–Crippen MR) is 334 cm³/mol. The quantitative estimate of drug-likeness (QED) is 0.0955. The van der Waals surface area contributed by atoms with E-state index >= 15 is 0 Å². The molecule has 1 aliphatic rings. The summed E-state index contributed by atoms with van der Waals surface area (Å²) >= 11 is -2.05. The average Bonchev–Trinajstić information content (AvgIpc) is 4.18. The molecule has 0 saturated carbocycles. The van der Waals surface area contributed by atoms with E-state index in [1.54, 1.807) is 6.07 Å². The Balaban J connectivity index is 0.000000195. The molecule has 406 valence electrons. The number of rotatable bonds is 11. The molecule has 12 rings (SSSR count). The van der Waals surface area contributed by atoms with Crippen molar-refractivity contribution >= 4 is 67.7 Å². The van der Waals surface area contributed by atoms with Crippen LogP contribution < -0.4 is 9.30 Å². The summed E-state index contributed by atoms with van der Waals surface area (Å²) in [5.74, 6) is 8.99. The van der Waals surface area contributed by atoms with Crippen molar-refractivity contribution in [3.8, 4) is 45.4 Å². The number of benzene rings is 9. The maximum absolute atomic E-state index is 13.7. The normalized spacial score (nSPS) is 13.2. The molecule has 0 bridgehead atoms. The summed E-state index contributed by atoms with van der Waals surface area (Å²) in [6.07, 6.45) is -0.259. The van der Waals surface area contributed by atoms with Crippen LogP contribution in [0.5, 0.6) is 0 Å². The fraction of sp³-hybridized carbons (Fsp3) is 0.222. The van der Waals surface area contributed by atoms with Crippen LogP contribution in [0.4, 0.5) is 21.5 Å². The van der Waals surface area contributed by atoms with Gasteiger partial charge in [-0.15, -0.1) is 18.2 Å². The number of hydrogen-bond donors (Lipinski definition) is 0. The first-order valence-corrected chi connectivity index (χ1v) is 35.4. The molecule has 0 radical (unpaired) electrons. The van der Waals surface area contributed by atoms with Crippen molar-refractivity contribution in [1.29, 1.82) is 5.26 Å². The number of nitrogens with zero attached hydrogens (tertiary/aromatic N) is 5. The standard InChI is InChI=1S/C44H34N3O.C28H33FGeN2.Ir/c1-27(2)37-24-33(32-20-18-31(19-21-32)30-11-6-5-7-12-30)25-38(28(3)4)42(37)47-40-16-9-8-15-39(40)46-44(47)36-14-10-13-35-34-22-17-29(26-45)23-41(34)48-43(35)36;1-18(2)23-9-8-10-24(19(3)4)27(23)32-26-17-22(30(5,6)7)15-16-25(26)31-28(32)20-11-13-21(29)14-12-20;/h5-13,15-25,27-28H,1-4H3;8-11,13-19,28H,1-7H3;/q-1;-2;+3. The van der Waals surface area contributed by atoms with E-state index in [0.29, 0.717) is 28.6 Å². The van der Waals surface area contributed by atoms with Gasteiger partial charge < -0.3 is 8.98 Å². The molecule has 9 heteroatoms. The molecule has 0 saturated heterocycles. The summed E-state index contributed by atoms with van der Waals surface area (Å²) in [6.45, 7) is 18.1. The van der Waals surface area contributed by atoms with E-state index in [4.69, 9.17) is 14.7 Å². The first-order valence-electron chi connectivity index (χ1n) is 28.0. The topological polar surface area (TPSA) is 72.1 Å². The van der Waals surface area contributed by atoms with E-state index in [-0.39, 0.29) is 43.9 Å². The molecule has 6 nitrogen and oxygen atoms in total. The van der Waals surface area contributed by atoms with Gasteiger partial charge in [-0.25, -0.2) is 0 Å². The molecular formula is C72H67FGeIrN5O.